The maximum atomic E-state index is 14.6. The van der Waals surface area contributed by atoms with Gasteiger partial charge >= 0.3 is 6.03 Å². The molecule has 256 valence electrons. The Kier molecular flexibility index (Phi) is 7.85. The molecule has 7 aliphatic rings. The van der Waals surface area contributed by atoms with Crippen LogP contribution in [0.3, 0.4) is 0 Å². The van der Waals surface area contributed by atoms with Gasteiger partial charge in [0.15, 0.2) is 17.4 Å². The predicted molar refractivity (Wildman–Crippen MR) is 173 cm³/mol. The molecular weight excluding hydrogens is 602 g/mol. The van der Waals surface area contributed by atoms with Crippen molar-refractivity contribution in [3.05, 3.63) is 59.2 Å². The molecular formula is C38H50F2N2O5. The number of allylic oxidation sites excluding steroid dienone is 4. The van der Waals surface area contributed by atoms with E-state index in [1.807, 2.05) is 13.8 Å². The Morgan fingerprint density at radius 2 is 1.74 bits per heavy atom. The summed E-state index contributed by atoms with van der Waals surface area (Å²) in [5, 5.41) is 26.7. The van der Waals surface area contributed by atoms with Crippen LogP contribution < -0.4 is 5.32 Å². The molecule has 6 aliphatic carbocycles. The first-order chi connectivity index (χ1) is 22.2. The minimum Gasteiger partial charge on any atom is -0.393 e. The zero-order chi connectivity index (χ0) is 33.6. The summed E-state index contributed by atoms with van der Waals surface area (Å²) in [6, 6.07) is 3.07. The first-order valence-corrected chi connectivity index (χ1v) is 17.7. The third-order valence-electron chi connectivity index (χ3n) is 13.7. The Hall–Kier alpha value is -2.62. The molecule has 1 aromatic rings. The smallest absolute Gasteiger partial charge is 0.317 e. The first kappa shape index (κ1) is 32.9. The van der Waals surface area contributed by atoms with E-state index in [-0.39, 0.29) is 53.3 Å². The molecule has 47 heavy (non-hydrogen) atoms. The molecule has 4 fully saturated rings. The third-order valence-corrected chi connectivity index (χ3v) is 13.7. The van der Waals surface area contributed by atoms with E-state index in [4.69, 9.17) is 4.74 Å². The predicted octanol–water partition coefficient (Wildman–Crippen LogP) is 6.34. The van der Waals surface area contributed by atoms with Gasteiger partial charge in [0, 0.05) is 46.6 Å². The van der Waals surface area contributed by atoms with Crippen LogP contribution in [-0.2, 0) is 4.74 Å². The Bertz CT molecular complexity index is 1520. The second-order valence-electron chi connectivity index (χ2n) is 16.4. The van der Waals surface area contributed by atoms with Crippen LogP contribution in [0.2, 0.25) is 0 Å². The van der Waals surface area contributed by atoms with Crippen molar-refractivity contribution in [1.82, 2.24) is 10.2 Å². The number of halogens is 2. The molecule has 7 nitrogen and oxygen atoms in total. The summed E-state index contributed by atoms with van der Waals surface area (Å²) in [7, 11) is 0. The van der Waals surface area contributed by atoms with E-state index in [1.165, 1.54) is 6.07 Å². The number of nitrogens with zero attached hydrogens (tertiary/aromatic N) is 1. The van der Waals surface area contributed by atoms with Crippen LogP contribution in [0.4, 0.5) is 13.6 Å². The highest BCUT2D eigenvalue weighted by Gasteiger charge is 2.74. The number of benzene rings is 1. The van der Waals surface area contributed by atoms with E-state index in [9.17, 15) is 28.6 Å². The van der Waals surface area contributed by atoms with Crippen molar-refractivity contribution in [1.29, 1.82) is 0 Å². The van der Waals surface area contributed by atoms with Gasteiger partial charge in [0.2, 0.25) is 0 Å². The number of aliphatic hydroxyl groups excluding tert-OH is 1. The lowest BCUT2D eigenvalue weighted by molar-refractivity contribution is -0.175. The number of nitrogens with one attached hydrogen (secondary N) is 1. The molecule has 2 spiro atoms. The van der Waals surface area contributed by atoms with Crippen LogP contribution in [0.25, 0.3) is 0 Å². The molecule has 2 amide bonds. The van der Waals surface area contributed by atoms with Crippen molar-refractivity contribution in [3.8, 4) is 0 Å². The van der Waals surface area contributed by atoms with Crippen molar-refractivity contribution in [2.75, 3.05) is 19.7 Å². The van der Waals surface area contributed by atoms with Crippen molar-refractivity contribution in [3.63, 3.8) is 0 Å². The van der Waals surface area contributed by atoms with Gasteiger partial charge in [-0.2, -0.15) is 0 Å². The number of rotatable bonds is 7. The number of amides is 2. The number of ether oxygens (including phenoxy) is 1. The molecule has 9 atom stereocenters. The largest absolute Gasteiger partial charge is 0.393 e. The Morgan fingerprint density at radius 3 is 2.45 bits per heavy atom. The van der Waals surface area contributed by atoms with E-state index in [1.54, 1.807) is 4.90 Å². The average molecular weight is 653 g/mol. The third kappa shape index (κ3) is 4.73. The molecule has 1 saturated heterocycles. The number of urea groups is 1. The number of carbonyl (C=O) groups excluding carboxylic acids is 2. The molecule has 1 aromatic carbocycles. The second kappa shape index (κ2) is 11.2. The number of carbonyl (C=O) groups is 2. The van der Waals surface area contributed by atoms with Crippen LogP contribution >= 0.6 is 0 Å². The van der Waals surface area contributed by atoms with Crippen LogP contribution in [0.15, 0.2) is 42.0 Å². The minimum atomic E-state index is -1.22. The molecule has 8 rings (SSSR count). The number of hydrogen-bond donors (Lipinski definition) is 3. The highest BCUT2D eigenvalue weighted by atomic mass is 19.2. The van der Waals surface area contributed by atoms with Gasteiger partial charge in [0.1, 0.15) is 0 Å². The summed E-state index contributed by atoms with van der Waals surface area (Å²) in [6.45, 7) is 9.52. The molecule has 1 heterocycles. The van der Waals surface area contributed by atoms with Gasteiger partial charge in [-0.05, 0) is 107 Å². The molecule has 0 radical (unpaired) electrons. The van der Waals surface area contributed by atoms with Crippen molar-refractivity contribution in [2.45, 2.75) is 109 Å². The molecule has 1 aliphatic heterocycles. The van der Waals surface area contributed by atoms with E-state index >= 15 is 0 Å². The molecule has 9 unspecified atom stereocenters. The lowest BCUT2D eigenvalue weighted by Crippen LogP contribution is -2.67. The maximum Gasteiger partial charge on any atom is 0.317 e. The summed E-state index contributed by atoms with van der Waals surface area (Å²) >= 11 is 0. The van der Waals surface area contributed by atoms with E-state index in [2.05, 4.69) is 37.4 Å². The van der Waals surface area contributed by atoms with Gasteiger partial charge in [0.05, 0.1) is 24.4 Å². The van der Waals surface area contributed by atoms with Gasteiger partial charge < -0.3 is 25.2 Å². The van der Waals surface area contributed by atoms with Gasteiger partial charge in [-0.1, -0.05) is 32.1 Å². The zero-order valence-corrected chi connectivity index (χ0v) is 28.2. The molecule has 9 heteroatoms. The Morgan fingerprint density at radius 1 is 1.02 bits per heavy atom. The van der Waals surface area contributed by atoms with Crippen LogP contribution in [0.5, 0.6) is 0 Å². The van der Waals surface area contributed by atoms with Crippen molar-refractivity contribution < 1.29 is 33.3 Å². The normalized spacial score (nSPS) is 41.7. The van der Waals surface area contributed by atoms with Crippen LogP contribution in [0, 0.1) is 45.1 Å². The highest BCUT2D eigenvalue weighted by molar-refractivity contribution is 6.10. The number of Topliss-reactive ketones (excluding diaryl/α,β-unsaturated/α-hetero) is 1. The number of fused-ring (bicyclic) bond motifs is 1. The quantitative estimate of drug-likeness (QED) is 0.236. The maximum absolute atomic E-state index is 14.6. The summed E-state index contributed by atoms with van der Waals surface area (Å²) in [5.41, 5.74) is -2.67. The van der Waals surface area contributed by atoms with Gasteiger partial charge in [0.25, 0.3) is 0 Å². The summed E-state index contributed by atoms with van der Waals surface area (Å²) in [6.07, 6.45) is 12.4. The summed E-state index contributed by atoms with van der Waals surface area (Å²) in [5.74, 6) is -2.45. The van der Waals surface area contributed by atoms with E-state index in [0.29, 0.717) is 44.4 Å². The monoisotopic (exact) mass is 652 g/mol. The lowest BCUT2D eigenvalue weighted by Gasteiger charge is -2.71. The fraction of sp³-hybridized carbons (Fsp3) is 0.684. The van der Waals surface area contributed by atoms with Crippen LogP contribution in [0.1, 0.15) is 95.8 Å². The topological polar surface area (TPSA) is 99.1 Å². The van der Waals surface area contributed by atoms with Gasteiger partial charge in [-0.15, -0.1) is 0 Å². The average Bonchev–Trinajstić information content (AvgIpc) is 3.63. The molecule has 2 bridgehead atoms. The molecule has 3 N–H and O–H groups in total. The summed E-state index contributed by atoms with van der Waals surface area (Å²) in [4.78, 5) is 29.9. The Balaban J connectivity index is 1.31. The fourth-order valence-corrected chi connectivity index (χ4v) is 11.3. The van der Waals surface area contributed by atoms with Crippen molar-refractivity contribution >= 4 is 11.8 Å². The zero-order valence-electron chi connectivity index (χ0n) is 28.2. The van der Waals surface area contributed by atoms with Crippen LogP contribution in [-0.4, -0.2) is 70.5 Å². The number of aliphatic hydroxyl groups is 2. The lowest BCUT2D eigenvalue weighted by atomic mass is 9.32. The minimum absolute atomic E-state index is 0.0643. The SMILES string of the molecule is CC(C)NC(=O)N(CC1CCCO1)CC1(O)CCC2C34C=CC5(C=C3C(=O)c3ccc(F)c(F)c3)CC(O)CCC5(C)C4CCC21C. The van der Waals surface area contributed by atoms with Crippen molar-refractivity contribution in [2.24, 2.45) is 33.5 Å². The standard InChI is InChI=1S/C38H50F2N2O5/c1-23(2)41-33(45)42(21-26-6-5-17-47-26)22-37(46)14-11-31-35(37,4)13-10-30-34(3)12-9-25(43)19-36(34)15-16-38(30,31)27(20-36)32(44)24-7-8-28(39)29(40)18-24/h7-8,15-16,18,20,23,25-26,30-31,43,46H,5-6,9-14,17,19,21-22H2,1-4H3,(H,41,45). The van der Waals surface area contributed by atoms with E-state index < -0.39 is 39.6 Å². The van der Waals surface area contributed by atoms with Gasteiger partial charge in [-0.25, -0.2) is 13.6 Å². The second-order valence-corrected chi connectivity index (χ2v) is 16.4. The molecule has 0 aromatic heterocycles. The molecule has 3 saturated carbocycles. The fourth-order valence-electron chi connectivity index (χ4n) is 11.3. The first-order valence-electron chi connectivity index (χ1n) is 17.7. The van der Waals surface area contributed by atoms with Gasteiger partial charge in [-0.3, -0.25) is 4.79 Å². The Labute approximate surface area is 276 Å². The number of hydrogen-bond acceptors (Lipinski definition) is 5. The number of ketones is 1. The highest BCUT2D eigenvalue weighted by Crippen LogP contribution is 2.78. The summed E-state index contributed by atoms with van der Waals surface area (Å²) < 4.78 is 34.4. The van der Waals surface area contributed by atoms with E-state index in [0.717, 1.165) is 44.2 Å².